The molecule has 1 aliphatic rings. The molecule has 0 bridgehead atoms. The third kappa shape index (κ3) is 9.22. The van der Waals surface area contributed by atoms with E-state index in [9.17, 15) is 29.2 Å². The molecule has 1 aliphatic heterocycles. The average Bonchev–Trinajstić information content (AvgIpc) is 2.89. The Kier molecular flexibility index (Phi) is 12.4. The van der Waals surface area contributed by atoms with Gasteiger partial charge in [0.1, 0.15) is 19.3 Å². The van der Waals surface area contributed by atoms with Gasteiger partial charge >= 0.3 is 23.9 Å². The molecule has 0 spiro atoms. The van der Waals surface area contributed by atoms with E-state index in [-0.39, 0.29) is 6.42 Å². The molecule has 218 valence electrons. The molecule has 1 saturated heterocycles. The Bertz CT molecular complexity index is 1110. The van der Waals surface area contributed by atoms with Gasteiger partial charge in [-0.3, -0.25) is 19.2 Å². The van der Waals surface area contributed by atoms with Crippen molar-refractivity contribution in [1.29, 1.82) is 5.26 Å². The van der Waals surface area contributed by atoms with E-state index in [1.807, 2.05) is 6.07 Å². The zero-order valence-electron chi connectivity index (χ0n) is 22.7. The first-order valence-electron chi connectivity index (χ1n) is 12.2. The number of amides is 1. The SMILES string of the molecule is COC(=O)[C@@]1(Sc2ccccc2)C[C@H](OCC#N)[C@@H](NC(C)=O)[C@H]([C@H](OC(C)=O)[C@@H](COC(C)=O)OC(C)=O)O1. The Labute approximate surface area is 235 Å². The summed E-state index contributed by atoms with van der Waals surface area (Å²) >= 11 is 0.981. The number of rotatable bonds is 12. The van der Waals surface area contributed by atoms with Crippen LogP contribution >= 0.6 is 11.8 Å². The number of esters is 4. The van der Waals surface area contributed by atoms with Crippen LogP contribution in [0.25, 0.3) is 0 Å². The first-order chi connectivity index (χ1) is 18.9. The van der Waals surface area contributed by atoms with Gasteiger partial charge in [0.25, 0.3) is 0 Å². The molecule has 0 aliphatic carbocycles. The van der Waals surface area contributed by atoms with Crippen molar-refractivity contribution in [3.63, 3.8) is 0 Å². The van der Waals surface area contributed by atoms with Crippen molar-refractivity contribution in [3.8, 4) is 6.07 Å². The lowest BCUT2D eigenvalue weighted by Gasteiger charge is -2.48. The Hall–Kier alpha value is -3.67. The summed E-state index contributed by atoms with van der Waals surface area (Å²) in [6.07, 6.45) is -5.62. The third-order valence-electron chi connectivity index (χ3n) is 5.57. The normalized spacial score (nSPS) is 23.4. The lowest BCUT2D eigenvalue weighted by molar-refractivity contribution is -0.223. The second-order valence-electron chi connectivity index (χ2n) is 8.70. The Morgan fingerprint density at radius 2 is 1.73 bits per heavy atom. The Balaban J connectivity index is 2.74. The highest BCUT2D eigenvalue weighted by Crippen LogP contribution is 2.45. The van der Waals surface area contributed by atoms with E-state index in [0.29, 0.717) is 4.90 Å². The maximum Gasteiger partial charge on any atom is 0.349 e. The van der Waals surface area contributed by atoms with E-state index in [1.165, 1.54) is 6.92 Å². The zero-order valence-corrected chi connectivity index (χ0v) is 23.6. The maximum atomic E-state index is 13.4. The molecule has 1 amide bonds. The predicted octanol–water partition coefficient (Wildman–Crippen LogP) is 1.28. The van der Waals surface area contributed by atoms with Gasteiger partial charge in [-0.1, -0.05) is 30.0 Å². The number of methoxy groups -OCH3 is 1. The molecule has 1 fully saturated rings. The van der Waals surface area contributed by atoms with E-state index in [0.717, 1.165) is 39.6 Å². The highest BCUT2D eigenvalue weighted by atomic mass is 32.2. The fourth-order valence-corrected chi connectivity index (χ4v) is 5.41. The van der Waals surface area contributed by atoms with Gasteiger partial charge in [0.05, 0.1) is 25.3 Å². The minimum atomic E-state index is -1.84. The molecule has 1 aromatic rings. The van der Waals surface area contributed by atoms with E-state index in [4.69, 9.17) is 28.4 Å². The summed E-state index contributed by atoms with van der Waals surface area (Å²) in [5.74, 6) is -3.69. The summed E-state index contributed by atoms with van der Waals surface area (Å²) in [6.45, 7) is 3.59. The van der Waals surface area contributed by atoms with Crippen molar-refractivity contribution >= 4 is 41.5 Å². The topological polar surface area (TPSA) is 177 Å². The highest BCUT2D eigenvalue weighted by molar-refractivity contribution is 8.01. The van der Waals surface area contributed by atoms with Gasteiger partial charge in [-0.15, -0.1) is 0 Å². The summed E-state index contributed by atoms with van der Waals surface area (Å²) in [6, 6.07) is 9.45. The molecule has 6 atom stereocenters. The molecule has 2 rings (SSSR count). The molecular formula is C26H32N2O11S. The molecule has 40 heavy (non-hydrogen) atoms. The van der Waals surface area contributed by atoms with Crippen LogP contribution in [-0.4, -0.2) is 85.5 Å². The molecule has 1 N–H and O–H groups in total. The highest BCUT2D eigenvalue weighted by Gasteiger charge is 2.58. The van der Waals surface area contributed by atoms with Crippen LogP contribution in [0.2, 0.25) is 0 Å². The number of nitrogens with one attached hydrogen (secondary N) is 1. The van der Waals surface area contributed by atoms with Gasteiger partial charge in [-0.05, 0) is 12.1 Å². The number of thioether (sulfide) groups is 1. The molecule has 1 heterocycles. The number of benzene rings is 1. The van der Waals surface area contributed by atoms with Crippen molar-refractivity contribution in [3.05, 3.63) is 30.3 Å². The van der Waals surface area contributed by atoms with E-state index >= 15 is 0 Å². The van der Waals surface area contributed by atoms with Crippen LogP contribution in [0, 0.1) is 11.3 Å². The summed E-state index contributed by atoms with van der Waals surface area (Å²) in [5, 5.41) is 11.9. The molecule has 0 aromatic heterocycles. The number of carbonyl (C=O) groups is 5. The largest absolute Gasteiger partial charge is 0.466 e. The standard InChI is InChI=1S/C26H32N2O11S/c1-15(29)28-22-20(35-12-11-27)13-26(25(33)34-5,40-19-9-7-6-8-10-19)39-24(22)23(38-18(4)32)21(37-17(3)31)14-36-16(2)30/h6-10,20-24H,12-14H2,1-5H3,(H,28,29)/t20-,21+,22+,23+,24+,26-/m0/s1. The van der Waals surface area contributed by atoms with Crippen molar-refractivity contribution in [2.24, 2.45) is 0 Å². The first-order valence-corrected chi connectivity index (χ1v) is 13.0. The minimum absolute atomic E-state index is 0.197. The average molecular weight is 581 g/mol. The Morgan fingerprint density at radius 1 is 1.07 bits per heavy atom. The number of ether oxygens (including phenoxy) is 6. The number of hydrogen-bond donors (Lipinski definition) is 1. The van der Waals surface area contributed by atoms with E-state index in [1.54, 1.807) is 30.3 Å². The summed E-state index contributed by atoms with van der Waals surface area (Å²) in [4.78, 5) is 60.3. The van der Waals surface area contributed by atoms with Gasteiger partial charge in [-0.2, -0.15) is 5.26 Å². The number of carbonyl (C=O) groups excluding carboxylic acids is 5. The van der Waals surface area contributed by atoms with Gasteiger partial charge in [0.2, 0.25) is 10.8 Å². The second kappa shape index (κ2) is 15.2. The molecular weight excluding hydrogens is 548 g/mol. The van der Waals surface area contributed by atoms with Gasteiger partial charge in [0.15, 0.2) is 12.2 Å². The predicted molar refractivity (Wildman–Crippen MR) is 137 cm³/mol. The number of nitrogens with zero attached hydrogens (tertiary/aromatic N) is 1. The van der Waals surface area contributed by atoms with Crippen LogP contribution in [0.4, 0.5) is 0 Å². The van der Waals surface area contributed by atoms with Crippen molar-refractivity contribution in [1.82, 2.24) is 5.32 Å². The van der Waals surface area contributed by atoms with Gasteiger partial charge in [-0.25, -0.2) is 4.79 Å². The van der Waals surface area contributed by atoms with Crippen molar-refractivity contribution in [2.75, 3.05) is 20.3 Å². The second-order valence-corrected chi connectivity index (χ2v) is 10.0. The number of hydrogen-bond acceptors (Lipinski definition) is 13. The molecule has 13 nitrogen and oxygen atoms in total. The van der Waals surface area contributed by atoms with Crippen LogP contribution in [-0.2, 0) is 52.4 Å². The minimum Gasteiger partial charge on any atom is -0.466 e. The third-order valence-corrected chi connectivity index (χ3v) is 6.83. The molecule has 14 heteroatoms. The van der Waals surface area contributed by atoms with Crippen molar-refractivity contribution in [2.45, 2.75) is 74.4 Å². The van der Waals surface area contributed by atoms with E-state index < -0.39 is 78.4 Å². The monoisotopic (exact) mass is 580 g/mol. The van der Waals surface area contributed by atoms with Gasteiger partial charge in [0, 0.05) is 39.0 Å². The summed E-state index contributed by atoms with van der Waals surface area (Å²) in [7, 11) is 1.16. The van der Waals surface area contributed by atoms with Crippen LogP contribution in [0.5, 0.6) is 0 Å². The molecule has 0 unspecified atom stereocenters. The summed E-state index contributed by atoms with van der Waals surface area (Å²) < 4.78 is 33.2. The quantitative estimate of drug-likeness (QED) is 0.276. The van der Waals surface area contributed by atoms with Crippen LogP contribution < -0.4 is 5.32 Å². The van der Waals surface area contributed by atoms with Crippen LogP contribution in [0.1, 0.15) is 34.1 Å². The Morgan fingerprint density at radius 3 is 2.25 bits per heavy atom. The fraction of sp³-hybridized carbons (Fsp3) is 0.538. The number of nitriles is 1. The molecule has 0 radical (unpaired) electrons. The van der Waals surface area contributed by atoms with Crippen LogP contribution in [0.15, 0.2) is 35.2 Å². The lowest BCUT2D eigenvalue weighted by Crippen LogP contribution is -2.67. The van der Waals surface area contributed by atoms with Crippen LogP contribution in [0.3, 0.4) is 0 Å². The molecule has 0 saturated carbocycles. The van der Waals surface area contributed by atoms with Crippen molar-refractivity contribution < 1.29 is 52.4 Å². The fourth-order valence-electron chi connectivity index (χ4n) is 4.16. The maximum absolute atomic E-state index is 13.4. The first kappa shape index (κ1) is 32.5. The zero-order chi connectivity index (χ0) is 29.9. The van der Waals surface area contributed by atoms with E-state index in [2.05, 4.69) is 5.32 Å². The lowest BCUT2D eigenvalue weighted by atomic mass is 9.89. The smallest absolute Gasteiger partial charge is 0.349 e. The summed E-state index contributed by atoms with van der Waals surface area (Å²) in [5.41, 5.74) is 0. The molecule has 1 aromatic carbocycles. The van der Waals surface area contributed by atoms with Gasteiger partial charge < -0.3 is 33.7 Å².